The van der Waals surface area contributed by atoms with Gasteiger partial charge >= 0.3 is 6.03 Å². The van der Waals surface area contributed by atoms with Crippen molar-refractivity contribution in [1.82, 2.24) is 5.32 Å². The van der Waals surface area contributed by atoms with Gasteiger partial charge in [0, 0.05) is 33.0 Å². The van der Waals surface area contributed by atoms with Crippen LogP contribution >= 0.6 is 11.6 Å². The summed E-state index contributed by atoms with van der Waals surface area (Å²) in [6.45, 7) is -0.819. The van der Waals surface area contributed by atoms with Gasteiger partial charge in [0.05, 0.1) is 18.3 Å². The van der Waals surface area contributed by atoms with Gasteiger partial charge in [-0.3, -0.25) is 9.69 Å². The zero-order chi connectivity index (χ0) is 25.1. The first-order valence-electron chi connectivity index (χ1n) is 10.4. The molecule has 2 atom stereocenters. The number of carbonyl (C=O) groups excluding carboxylic acids is 2. The van der Waals surface area contributed by atoms with E-state index >= 15 is 0 Å². The Hall–Kier alpha value is -3.63. The minimum atomic E-state index is -3.29. The van der Waals surface area contributed by atoms with Gasteiger partial charge < -0.3 is 15.7 Å². The fourth-order valence-corrected chi connectivity index (χ4v) is 4.71. The van der Waals surface area contributed by atoms with Gasteiger partial charge in [0.1, 0.15) is 11.6 Å². The molecule has 3 aromatic carbocycles. The van der Waals surface area contributed by atoms with Crippen molar-refractivity contribution in [2.75, 3.05) is 16.8 Å². The number of aliphatic hydroxyl groups is 1. The number of urea groups is 1. The highest BCUT2D eigenvalue weighted by atomic mass is 35.5. The van der Waals surface area contributed by atoms with Crippen LogP contribution < -0.4 is 15.5 Å². The summed E-state index contributed by atoms with van der Waals surface area (Å²) < 4.78 is 55.1. The van der Waals surface area contributed by atoms with Crippen LogP contribution in [0.25, 0.3) is 0 Å². The molecule has 0 saturated heterocycles. The summed E-state index contributed by atoms with van der Waals surface area (Å²) in [6.07, 6.45) is -3.29. The minimum Gasteiger partial charge on any atom is -0.377 e. The number of hydrogen-bond acceptors (Lipinski definition) is 3. The number of rotatable bonds is 3. The van der Waals surface area contributed by atoms with Gasteiger partial charge in [-0.2, -0.15) is 0 Å². The molecule has 2 aliphatic rings. The van der Waals surface area contributed by atoms with Gasteiger partial charge in [0.25, 0.3) is 12.3 Å². The van der Waals surface area contributed by atoms with Crippen LogP contribution in [0.5, 0.6) is 0 Å². The van der Waals surface area contributed by atoms with E-state index in [1.54, 1.807) is 0 Å². The highest BCUT2D eigenvalue weighted by molar-refractivity contribution is 6.31. The number of amides is 3. The molecule has 3 amide bonds. The number of carbonyl (C=O) groups is 2. The maximum absolute atomic E-state index is 13.9. The molecule has 0 radical (unpaired) electrons. The third-order valence-corrected chi connectivity index (χ3v) is 6.49. The zero-order valence-electron chi connectivity index (χ0n) is 17.7. The smallest absolute Gasteiger partial charge is 0.326 e. The lowest BCUT2D eigenvalue weighted by molar-refractivity contribution is -0.0892. The molecule has 0 aliphatic carbocycles. The summed E-state index contributed by atoms with van der Waals surface area (Å²) in [7, 11) is 0. The molecule has 5 rings (SSSR count). The minimum absolute atomic E-state index is 0.0850. The van der Waals surface area contributed by atoms with Crippen molar-refractivity contribution in [3.05, 3.63) is 93.5 Å². The molecule has 0 saturated carbocycles. The normalized spacial score (nSPS) is 20.6. The summed E-state index contributed by atoms with van der Waals surface area (Å²) in [5.41, 5.74) is -2.34. The lowest BCUT2D eigenvalue weighted by atomic mass is 9.96. The summed E-state index contributed by atoms with van der Waals surface area (Å²) in [5.74, 6) is -1.90. The van der Waals surface area contributed by atoms with E-state index in [2.05, 4.69) is 10.6 Å². The molecule has 3 aromatic rings. The Kier molecular flexibility index (Phi) is 5.45. The number of halogens is 5. The number of benzene rings is 3. The Morgan fingerprint density at radius 3 is 2.60 bits per heavy atom. The first kappa shape index (κ1) is 23.1. The van der Waals surface area contributed by atoms with Crippen molar-refractivity contribution in [1.29, 1.82) is 0 Å². The second-order valence-corrected chi connectivity index (χ2v) is 8.65. The number of fused-ring (bicyclic) bond motifs is 2. The van der Waals surface area contributed by atoms with Gasteiger partial charge in [-0.05, 0) is 48.5 Å². The van der Waals surface area contributed by atoms with Crippen LogP contribution in [-0.2, 0) is 5.60 Å². The van der Waals surface area contributed by atoms with E-state index in [0.29, 0.717) is 5.56 Å². The fraction of sp³-hybridized carbons (Fsp3) is 0.167. The molecule has 35 heavy (non-hydrogen) atoms. The molecule has 11 heteroatoms. The molecule has 0 aromatic heterocycles. The molecule has 2 unspecified atom stereocenters. The third kappa shape index (κ3) is 3.69. The molecule has 6 nitrogen and oxygen atoms in total. The topological polar surface area (TPSA) is 81.7 Å². The summed E-state index contributed by atoms with van der Waals surface area (Å²) in [5, 5.41) is 16.0. The monoisotopic (exact) mass is 505 g/mol. The Bertz CT molecular complexity index is 1390. The number of alkyl halides is 2. The summed E-state index contributed by atoms with van der Waals surface area (Å²) in [4.78, 5) is 26.6. The van der Waals surface area contributed by atoms with Crippen LogP contribution in [0.15, 0.2) is 54.6 Å². The molecule has 180 valence electrons. The molecular formula is C24H16ClF4N3O3. The van der Waals surface area contributed by atoms with Crippen molar-refractivity contribution >= 4 is 34.9 Å². The SMILES string of the molecule is O=C1NC(c2cc(F)ccc2Cl)c2c(NC(=O)N3CC(O)(C(F)F)c4cc(F)ccc43)cccc21. The fourth-order valence-electron chi connectivity index (χ4n) is 4.49. The van der Waals surface area contributed by atoms with E-state index in [1.165, 1.54) is 24.3 Å². The highest BCUT2D eigenvalue weighted by Gasteiger charge is 2.50. The second-order valence-electron chi connectivity index (χ2n) is 8.24. The van der Waals surface area contributed by atoms with Crippen LogP contribution in [0.1, 0.15) is 33.1 Å². The zero-order valence-corrected chi connectivity index (χ0v) is 18.4. The molecular weight excluding hydrogens is 490 g/mol. The number of nitrogens with zero attached hydrogens (tertiary/aromatic N) is 1. The van der Waals surface area contributed by atoms with Gasteiger partial charge in [0.15, 0.2) is 5.60 Å². The van der Waals surface area contributed by atoms with Crippen molar-refractivity contribution in [3.63, 3.8) is 0 Å². The van der Waals surface area contributed by atoms with E-state index in [0.717, 1.165) is 35.2 Å². The van der Waals surface area contributed by atoms with E-state index in [1.807, 2.05) is 0 Å². The third-order valence-electron chi connectivity index (χ3n) is 6.15. The molecule has 0 spiro atoms. The molecule has 0 bridgehead atoms. The van der Waals surface area contributed by atoms with Gasteiger partial charge in [0.2, 0.25) is 0 Å². The lowest BCUT2D eigenvalue weighted by Crippen LogP contribution is -2.43. The van der Waals surface area contributed by atoms with Crippen molar-refractivity contribution in [2.24, 2.45) is 0 Å². The number of hydrogen-bond donors (Lipinski definition) is 3. The van der Waals surface area contributed by atoms with Gasteiger partial charge in [-0.25, -0.2) is 22.4 Å². The molecule has 2 aliphatic heterocycles. The Morgan fingerprint density at radius 1 is 1.14 bits per heavy atom. The second kappa shape index (κ2) is 8.24. The van der Waals surface area contributed by atoms with Crippen LogP contribution in [-0.4, -0.2) is 30.0 Å². The maximum Gasteiger partial charge on any atom is 0.326 e. The van der Waals surface area contributed by atoms with Crippen molar-refractivity contribution < 1.29 is 32.3 Å². The first-order valence-corrected chi connectivity index (χ1v) is 10.8. The van der Waals surface area contributed by atoms with Crippen LogP contribution in [0.3, 0.4) is 0 Å². The van der Waals surface area contributed by atoms with E-state index in [9.17, 15) is 32.3 Å². The first-order chi connectivity index (χ1) is 16.6. The quantitative estimate of drug-likeness (QED) is 0.440. The van der Waals surface area contributed by atoms with Gasteiger partial charge in [-0.1, -0.05) is 17.7 Å². The number of anilines is 2. The average Bonchev–Trinajstić information content (AvgIpc) is 3.31. The molecule has 2 heterocycles. The number of nitrogens with one attached hydrogen (secondary N) is 2. The van der Waals surface area contributed by atoms with E-state index in [4.69, 9.17) is 11.6 Å². The van der Waals surface area contributed by atoms with Gasteiger partial charge in [-0.15, -0.1) is 0 Å². The maximum atomic E-state index is 13.9. The predicted octanol–water partition coefficient (Wildman–Crippen LogP) is 4.96. The summed E-state index contributed by atoms with van der Waals surface area (Å²) in [6, 6.07) is 9.25. The van der Waals surface area contributed by atoms with E-state index < -0.39 is 53.7 Å². The average molecular weight is 506 g/mol. The van der Waals surface area contributed by atoms with Crippen LogP contribution in [0.4, 0.5) is 33.7 Å². The van der Waals surface area contributed by atoms with Crippen molar-refractivity contribution in [3.8, 4) is 0 Å². The number of β-amino-alcohol motifs (C(OH)–C–C–N with tert-alkyl or cyclic N) is 1. The largest absolute Gasteiger partial charge is 0.377 e. The Balaban J connectivity index is 1.53. The standard InChI is InChI=1S/C24H16ClF4N3O3/c25-16-6-4-11(26)8-14(16)20-19-13(21(33)31-20)2-1-3-17(19)30-23(34)32-10-24(35,22(28)29)15-9-12(27)5-7-18(15)32/h1-9,20,22,35H,10H2,(H,30,34)(H,31,33). The van der Waals surface area contributed by atoms with E-state index in [-0.39, 0.29) is 27.5 Å². The Labute approximate surface area is 201 Å². The highest BCUT2D eigenvalue weighted by Crippen LogP contribution is 2.44. The lowest BCUT2D eigenvalue weighted by Gasteiger charge is -2.24. The molecule has 3 N–H and O–H groups in total. The summed E-state index contributed by atoms with van der Waals surface area (Å²) >= 11 is 6.24. The Morgan fingerprint density at radius 2 is 1.86 bits per heavy atom. The van der Waals surface area contributed by atoms with Crippen LogP contribution in [0.2, 0.25) is 5.02 Å². The molecule has 0 fully saturated rings. The predicted molar refractivity (Wildman–Crippen MR) is 120 cm³/mol. The van der Waals surface area contributed by atoms with Crippen LogP contribution in [0, 0.1) is 11.6 Å². The van der Waals surface area contributed by atoms with Crippen molar-refractivity contribution in [2.45, 2.75) is 18.1 Å².